The largest absolute Gasteiger partial charge is 0.497 e. The first-order valence-electron chi connectivity index (χ1n) is 12.2. The number of nitrogens with zero attached hydrogens (tertiary/aromatic N) is 5. The van der Waals surface area contributed by atoms with Gasteiger partial charge in [0, 0.05) is 27.9 Å². The average molecular weight is 519 g/mol. The smallest absolute Gasteiger partial charge is 0.253 e. The molecule has 0 unspecified atom stereocenters. The van der Waals surface area contributed by atoms with Crippen LogP contribution >= 0.6 is 11.3 Å². The number of fused-ring (bicyclic) bond motifs is 1. The first kappa shape index (κ1) is 24.9. The number of ether oxygens (including phenoxy) is 1. The zero-order valence-electron chi connectivity index (χ0n) is 21.3. The topological polar surface area (TPSA) is 102 Å². The van der Waals surface area contributed by atoms with Crippen LogP contribution in [0.3, 0.4) is 0 Å². The summed E-state index contributed by atoms with van der Waals surface area (Å²) < 4.78 is 13.0. The zero-order valence-corrected chi connectivity index (χ0v) is 22.2. The van der Waals surface area contributed by atoms with Crippen LogP contribution in [0.2, 0.25) is 0 Å². The van der Waals surface area contributed by atoms with Gasteiger partial charge in [-0.15, -0.1) is 16.4 Å². The van der Waals surface area contributed by atoms with Gasteiger partial charge in [0.1, 0.15) is 17.6 Å². The van der Waals surface area contributed by atoms with Crippen LogP contribution in [0.4, 0.5) is 0 Å². The Bertz CT molecular complexity index is 1490. The Kier molecular flexibility index (Phi) is 6.94. The van der Waals surface area contributed by atoms with Crippen molar-refractivity contribution in [1.29, 1.82) is 0 Å². The van der Waals surface area contributed by atoms with Crippen molar-refractivity contribution in [2.45, 2.75) is 51.9 Å². The molecule has 9 nitrogen and oxygen atoms in total. The minimum absolute atomic E-state index is 0.192. The number of tetrazole rings is 1. The number of benzene rings is 1. The first-order chi connectivity index (χ1) is 17.9. The molecule has 1 N–H and O–H groups in total. The van der Waals surface area contributed by atoms with Crippen molar-refractivity contribution in [3.8, 4) is 5.75 Å². The Balaban J connectivity index is 1.73. The standard InChI is InChI=1S/C27H30N6O3S/c1-5-27(2,3)33-25(29-30-31-33)24(22-15-18-14-19(35-4)10-11-23(18)28-26(22)34)32(16-20-8-6-12-36-20)17-21-9-7-13-37-21/h6-15,24H,5,16-17H2,1-4H3,(H,28,34)/t24-/m1/s1. The summed E-state index contributed by atoms with van der Waals surface area (Å²) in [4.78, 5) is 20.1. The lowest BCUT2D eigenvalue weighted by molar-refractivity contribution is 0.169. The van der Waals surface area contributed by atoms with E-state index in [1.54, 1.807) is 24.7 Å². The summed E-state index contributed by atoms with van der Waals surface area (Å²) in [5.41, 5.74) is 0.731. The van der Waals surface area contributed by atoms with Gasteiger partial charge in [0.25, 0.3) is 5.56 Å². The van der Waals surface area contributed by atoms with Crippen molar-refractivity contribution in [3.05, 3.63) is 92.6 Å². The molecule has 0 saturated heterocycles. The Labute approximate surface area is 218 Å². The van der Waals surface area contributed by atoms with Crippen molar-refractivity contribution >= 4 is 22.2 Å². The van der Waals surface area contributed by atoms with Crippen LogP contribution in [-0.2, 0) is 18.6 Å². The number of thiophene rings is 1. The highest BCUT2D eigenvalue weighted by molar-refractivity contribution is 7.09. The molecule has 4 heterocycles. The van der Waals surface area contributed by atoms with Gasteiger partial charge in [-0.05, 0) is 78.5 Å². The van der Waals surface area contributed by atoms with E-state index in [2.05, 4.69) is 57.6 Å². The third-order valence-corrected chi connectivity index (χ3v) is 7.66. The molecule has 0 aliphatic carbocycles. The summed E-state index contributed by atoms with van der Waals surface area (Å²) in [5.74, 6) is 2.10. The van der Waals surface area contributed by atoms with Gasteiger partial charge in [0.15, 0.2) is 5.82 Å². The van der Waals surface area contributed by atoms with Crippen LogP contribution in [0.15, 0.2) is 69.4 Å². The molecule has 1 atom stereocenters. The highest BCUT2D eigenvalue weighted by Crippen LogP contribution is 2.33. The number of aromatic amines is 1. The predicted molar refractivity (Wildman–Crippen MR) is 143 cm³/mol. The van der Waals surface area contributed by atoms with Crippen LogP contribution in [0, 0.1) is 0 Å². The van der Waals surface area contributed by atoms with E-state index in [1.165, 1.54) is 0 Å². The fourth-order valence-electron chi connectivity index (χ4n) is 4.42. The van der Waals surface area contributed by atoms with Crippen molar-refractivity contribution in [1.82, 2.24) is 30.1 Å². The molecule has 37 heavy (non-hydrogen) atoms. The minimum atomic E-state index is -0.549. The third kappa shape index (κ3) is 5.07. The number of aromatic nitrogens is 5. The summed E-state index contributed by atoms with van der Waals surface area (Å²) in [6.07, 6.45) is 2.47. The quantitative estimate of drug-likeness (QED) is 0.274. The van der Waals surface area contributed by atoms with Gasteiger partial charge in [-0.2, -0.15) is 0 Å². The van der Waals surface area contributed by atoms with Crippen molar-refractivity contribution in [3.63, 3.8) is 0 Å². The lowest BCUT2D eigenvalue weighted by atomic mass is 9.99. The van der Waals surface area contributed by atoms with Gasteiger partial charge in [-0.25, -0.2) is 4.68 Å². The van der Waals surface area contributed by atoms with Crippen molar-refractivity contribution in [2.75, 3.05) is 7.11 Å². The number of pyridine rings is 1. The molecule has 5 aromatic rings. The van der Waals surface area contributed by atoms with E-state index in [4.69, 9.17) is 9.15 Å². The molecule has 0 spiro atoms. The van der Waals surface area contributed by atoms with Gasteiger partial charge < -0.3 is 14.1 Å². The SMILES string of the molecule is CCC(C)(C)n1nnnc1[C@@H](c1cc2cc(OC)ccc2[nH]c1=O)N(Cc1ccco1)Cc1cccs1. The Morgan fingerprint density at radius 2 is 2.05 bits per heavy atom. The predicted octanol–water partition coefficient (Wildman–Crippen LogP) is 5.11. The van der Waals surface area contributed by atoms with Crippen molar-refractivity contribution < 1.29 is 9.15 Å². The van der Waals surface area contributed by atoms with Crippen LogP contribution in [0.1, 0.15) is 55.3 Å². The summed E-state index contributed by atoms with van der Waals surface area (Å²) in [5, 5.41) is 15.8. The van der Waals surface area contributed by atoms with Gasteiger partial charge in [0.05, 0.1) is 25.5 Å². The van der Waals surface area contributed by atoms with E-state index in [0.717, 1.165) is 28.0 Å². The molecule has 0 fully saturated rings. The second kappa shape index (κ2) is 10.3. The van der Waals surface area contributed by atoms with E-state index < -0.39 is 6.04 Å². The zero-order chi connectivity index (χ0) is 26.0. The van der Waals surface area contributed by atoms with E-state index >= 15 is 0 Å². The molecular formula is C27H30N6O3S. The molecule has 5 rings (SSSR count). The van der Waals surface area contributed by atoms with Gasteiger partial charge in [0.2, 0.25) is 0 Å². The molecule has 10 heteroatoms. The molecule has 0 amide bonds. The molecule has 0 bridgehead atoms. The molecule has 1 aromatic carbocycles. The number of furan rings is 1. The third-order valence-electron chi connectivity index (χ3n) is 6.79. The van der Waals surface area contributed by atoms with Crippen LogP contribution in [-0.4, -0.2) is 37.2 Å². The fourth-order valence-corrected chi connectivity index (χ4v) is 5.15. The van der Waals surface area contributed by atoms with Crippen molar-refractivity contribution in [2.24, 2.45) is 0 Å². The number of hydrogen-bond acceptors (Lipinski definition) is 8. The molecular weight excluding hydrogens is 488 g/mol. The van der Waals surface area contributed by atoms with Crippen LogP contribution < -0.4 is 10.3 Å². The number of methoxy groups -OCH3 is 1. The summed E-state index contributed by atoms with van der Waals surface area (Å²) in [7, 11) is 1.63. The Hall–Kier alpha value is -3.76. The molecule has 0 saturated carbocycles. The average Bonchev–Trinajstić information content (AvgIpc) is 3.68. The maximum absolute atomic E-state index is 13.7. The summed E-state index contributed by atoms with van der Waals surface area (Å²) in [6, 6.07) is 14.9. The van der Waals surface area contributed by atoms with E-state index in [-0.39, 0.29) is 11.1 Å². The van der Waals surface area contributed by atoms with Gasteiger partial charge >= 0.3 is 0 Å². The minimum Gasteiger partial charge on any atom is -0.497 e. The van der Waals surface area contributed by atoms with Gasteiger partial charge in [-0.3, -0.25) is 9.69 Å². The van der Waals surface area contributed by atoms with E-state index in [9.17, 15) is 4.79 Å². The lowest BCUT2D eigenvalue weighted by Crippen LogP contribution is -2.37. The highest BCUT2D eigenvalue weighted by Gasteiger charge is 2.35. The highest BCUT2D eigenvalue weighted by atomic mass is 32.1. The van der Waals surface area contributed by atoms with E-state index in [0.29, 0.717) is 30.2 Å². The number of nitrogens with one attached hydrogen (secondary N) is 1. The summed E-state index contributed by atoms with van der Waals surface area (Å²) >= 11 is 1.67. The Morgan fingerprint density at radius 3 is 2.76 bits per heavy atom. The molecule has 0 aliphatic heterocycles. The van der Waals surface area contributed by atoms with Crippen LogP contribution in [0.25, 0.3) is 10.9 Å². The fraction of sp³-hybridized carbons (Fsp3) is 0.333. The number of hydrogen-bond donors (Lipinski definition) is 1. The van der Waals surface area contributed by atoms with Gasteiger partial charge in [-0.1, -0.05) is 13.0 Å². The molecule has 0 radical (unpaired) electrons. The van der Waals surface area contributed by atoms with Crippen LogP contribution in [0.5, 0.6) is 5.75 Å². The lowest BCUT2D eigenvalue weighted by Gasteiger charge is -2.33. The van der Waals surface area contributed by atoms with E-state index in [1.807, 2.05) is 47.1 Å². The monoisotopic (exact) mass is 518 g/mol. The Morgan fingerprint density at radius 1 is 1.19 bits per heavy atom. The first-order valence-corrected chi connectivity index (χ1v) is 13.1. The number of H-pyrrole nitrogens is 1. The second-order valence-electron chi connectivity index (χ2n) is 9.59. The second-order valence-corrected chi connectivity index (χ2v) is 10.6. The molecule has 192 valence electrons. The maximum Gasteiger partial charge on any atom is 0.253 e. The molecule has 0 aliphatic rings. The maximum atomic E-state index is 13.7. The normalized spacial score (nSPS) is 12.9. The summed E-state index contributed by atoms with van der Waals surface area (Å²) in [6.45, 7) is 7.33. The number of rotatable bonds is 10. The molecule has 4 aromatic heterocycles.